The molecule has 2 N–H and O–H groups in total. The number of carbonyl (C=O) groups excluding carboxylic acids is 1. The van der Waals surface area contributed by atoms with Crippen LogP contribution in [0, 0.1) is 5.41 Å². The molecule has 0 saturated carbocycles. The third kappa shape index (κ3) is 4.50. The van der Waals surface area contributed by atoms with E-state index in [-0.39, 0.29) is 18.4 Å². The number of alkyl carbamates (subject to hydrolysis) is 1. The summed E-state index contributed by atoms with van der Waals surface area (Å²) in [5, 5.41) is 12.8. The predicted molar refractivity (Wildman–Crippen MR) is 92.0 cm³/mol. The van der Waals surface area contributed by atoms with Gasteiger partial charge >= 0.3 is 12.1 Å². The smallest absolute Gasteiger partial charge is 0.407 e. The Kier molecular flexibility index (Phi) is 5.17. The van der Waals surface area contributed by atoms with Gasteiger partial charge in [0.05, 0.1) is 6.61 Å². The lowest BCUT2D eigenvalue weighted by Crippen LogP contribution is -2.43. The van der Waals surface area contributed by atoms with Gasteiger partial charge in [-0.05, 0) is 17.0 Å². The first-order valence-corrected chi connectivity index (χ1v) is 7.86. The highest BCUT2D eigenvalue weighted by molar-refractivity contribution is 5.86. The highest BCUT2D eigenvalue weighted by atomic mass is 16.5. The van der Waals surface area contributed by atoms with E-state index < -0.39 is 18.1 Å². The van der Waals surface area contributed by atoms with Crippen molar-refractivity contribution >= 4 is 23.0 Å². The number of amides is 1. The second-order valence-corrected chi connectivity index (χ2v) is 7.16. The minimum absolute atomic E-state index is 0.175. The Balaban J connectivity index is 2.11. The van der Waals surface area contributed by atoms with Crippen LogP contribution in [-0.4, -0.2) is 34.4 Å². The number of carboxylic acids is 1. The molecule has 1 aromatic carbocycles. The molecule has 0 aliphatic heterocycles. The van der Waals surface area contributed by atoms with Crippen LogP contribution in [0.25, 0.3) is 10.9 Å². The summed E-state index contributed by atoms with van der Waals surface area (Å²) in [6, 6.07) is 6.72. The van der Waals surface area contributed by atoms with E-state index in [4.69, 9.17) is 4.74 Å². The van der Waals surface area contributed by atoms with E-state index in [1.165, 1.54) is 0 Å². The van der Waals surface area contributed by atoms with Crippen LogP contribution in [0.2, 0.25) is 0 Å². The maximum Gasteiger partial charge on any atom is 0.407 e. The van der Waals surface area contributed by atoms with Crippen LogP contribution in [0.5, 0.6) is 0 Å². The number of carboxylic acid groups (broad SMARTS) is 1. The van der Waals surface area contributed by atoms with Crippen LogP contribution in [-0.2, 0) is 23.0 Å². The first-order valence-electron chi connectivity index (χ1n) is 7.86. The van der Waals surface area contributed by atoms with Gasteiger partial charge in [0, 0.05) is 30.6 Å². The van der Waals surface area contributed by atoms with E-state index in [2.05, 4.69) is 5.32 Å². The van der Waals surface area contributed by atoms with Crippen LogP contribution < -0.4 is 5.32 Å². The van der Waals surface area contributed by atoms with Crippen molar-refractivity contribution in [3.8, 4) is 0 Å². The predicted octanol–water partition coefficient (Wildman–Crippen LogP) is 2.95. The lowest BCUT2D eigenvalue weighted by molar-refractivity contribution is -0.139. The molecule has 0 fully saturated rings. The number of aryl methyl sites for hydroxylation is 1. The maximum atomic E-state index is 11.9. The fraction of sp³-hybridized carbons (Fsp3) is 0.444. The summed E-state index contributed by atoms with van der Waals surface area (Å²) in [7, 11) is 1.91. The van der Waals surface area contributed by atoms with Crippen molar-refractivity contribution in [2.24, 2.45) is 12.5 Å². The Labute approximate surface area is 141 Å². The third-order valence-corrected chi connectivity index (χ3v) is 3.63. The summed E-state index contributed by atoms with van der Waals surface area (Å²) in [5.41, 5.74) is 1.72. The van der Waals surface area contributed by atoms with Crippen LogP contribution >= 0.6 is 0 Å². The van der Waals surface area contributed by atoms with E-state index in [0.717, 1.165) is 16.5 Å². The van der Waals surface area contributed by atoms with Gasteiger partial charge in [-0.3, -0.25) is 0 Å². The molecule has 0 aliphatic rings. The summed E-state index contributed by atoms with van der Waals surface area (Å²) >= 11 is 0. The molecular formula is C18H24N2O4. The van der Waals surface area contributed by atoms with Crippen LogP contribution in [0.3, 0.4) is 0 Å². The van der Waals surface area contributed by atoms with Gasteiger partial charge in [-0.2, -0.15) is 0 Å². The molecule has 0 aliphatic carbocycles. The van der Waals surface area contributed by atoms with Gasteiger partial charge in [0.15, 0.2) is 0 Å². The van der Waals surface area contributed by atoms with Crippen molar-refractivity contribution in [1.82, 2.24) is 9.88 Å². The molecule has 1 heterocycles. The zero-order valence-corrected chi connectivity index (χ0v) is 14.5. The minimum atomic E-state index is -1.09. The standard InChI is InChI=1S/C18H24N2O4/c1-18(2,3)11-24-17(23)19-14(16(21)22)9-12-10-20(4)15-8-6-5-7-13(12)15/h5-8,10,14H,9,11H2,1-4H3,(H,19,23)(H,21,22)/t14-/m1/s1. The quantitative estimate of drug-likeness (QED) is 0.882. The fourth-order valence-corrected chi connectivity index (χ4v) is 2.47. The number of rotatable bonds is 5. The van der Waals surface area contributed by atoms with Gasteiger partial charge in [0.25, 0.3) is 0 Å². The maximum absolute atomic E-state index is 11.9. The molecule has 0 bridgehead atoms. The molecule has 0 saturated heterocycles. The molecule has 2 aromatic rings. The number of hydrogen-bond donors (Lipinski definition) is 2. The summed E-state index contributed by atoms with van der Waals surface area (Å²) in [6.07, 6.45) is 1.38. The molecule has 1 amide bonds. The number of para-hydroxylation sites is 1. The van der Waals surface area contributed by atoms with Crippen molar-refractivity contribution in [1.29, 1.82) is 0 Å². The number of nitrogens with zero attached hydrogens (tertiary/aromatic N) is 1. The number of carbonyl (C=O) groups is 2. The average molecular weight is 332 g/mol. The van der Waals surface area contributed by atoms with Crippen molar-refractivity contribution in [3.05, 3.63) is 36.0 Å². The Morgan fingerprint density at radius 3 is 2.58 bits per heavy atom. The van der Waals surface area contributed by atoms with Crippen LogP contribution in [0.4, 0.5) is 4.79 Å². The highest BCUT2D eigenvalue weighted by Gasteiger charge is 2.24. The molecule has 24 heavy (non-hydrogen) atoms. The summed E-state index contributed by atoms with van der Waals surface area (Å²) in [6.45, 7) is 6.03. The highest BCUT2D eigenvalue weighted by Crippen LogP contribution is 2.21. The molecule has 6 nitrogen and oxygen atoms in total. The Hall–Kier alpha value is -2.50. The number of fused-ring (bicyclic) bond motifs is 1. The number of hydrogen-bond acceptors (Lipinski definition) is 3. The molecule has 0 radical (unpaired) electrons. The average Bonchev–Trinajstić information content (AvgIpc) is 2.81. The monoisotopic (exact) mass is 332 g/mol. The lowest BCUT2D eigenvalue weighted by atomic mass is 9.99. The second kappa shape index (κ2) is 6.95. The van der Waals surface area contributed by atoms with Gasteiger partial charge in [0.2, 0.25) is 0 Å². The van der Waals surface area contributed by atoms with Crippen molar-refractivity contribution in [2.75, 3.05) is 6.61 Å². The molecular weight excluding hydrogens is 308 g/mol. The normalized spacial score (nSPS) is 12.8. The Morgan fingerprint density at radius 2 is 1.96 bits per heavy atom. The Bertz CT molecular complexity index is 743. The van der Waals surface area contributed by atoms with E-state index >= 15 is 0 Å². The van der Waals surface area contributed by atoms with Crippen molar-refractivity contribution in [2.45, 2.75) is 33.2 Å². The first-order chi connectivity index (χ1) is 11.2. The number of aromatic nitrogens is 1. The largest absolute Gasteiger partial charge is 0.480 e. The summed E-state index contributed by atoms with van der Waals surface area (Å²) in [4.78, 5) is 23.4. The minimum Gasteiger partial charge on any atom is -0.480 e. The zero-order chi connectivity index (χ0) is 17.9. The van der Waals surface area contributed by atoms with E-state index in [0.29, 0.717) is 0 Å². The summed E-state index contributed by atoms with van der Waals surface area (Å²) in [5.74, 6) is -1.09. The molecule has 1 atom stereocenters. The number of aliphatic carboxylic acids is 1. The molecule has 0 spiro atoms. The van der Waals surface area contributed by atoms with Gasteiger partial charge in [-0.15, -0.1) is 0 Å². The van der Waals surface area contributed by atoms with Crippen LogP contribution in [0.1, 0.15) is 26.3 Å². The first kappa shape index (κ1) is 17.8. The van der Waals surface area contributed by atoms with E-state index in [1.807, 2.05) is 62.8 Å². The Morgan fingerprint density at radius 1 is 1.29 bits per heavy atom. The molecule has 0 unspecified atom stereocenters. The zero-order valence-electron chi connectivity index (χ0n) is 14.5. The SMILES string of the molecule is Cn1cc(C[C@@H](NC(=O)OCC(C)(C)C)C(=O)O)c2ccccc21. The van der Waals surface area contributed by atoms with E-state index in [9.17, 15) is 14.7 Å². The molecule has 2 rings (SSSR count). The van der Waals surface area contributed by atoms with Gasteiger partial charge in [0.1, 0.15) is 6.04 Å². The van der Waals surface area contributed by atoms with E-state index in [1.54, 1.807) is 0 Å². The van der Waals surface area contributed by atoms with Crippen molar-refractivity contribution < 1.29 is 19.4 Å². The fourth-order valence-electron chi connectivity index (χ4n) is 2.47. The van der Waals surface area contributed by atoms with Gasteiger partial charge in [-0.25, -0.2) is 9.59 Å². The molecule has 130 valence electrons. The van der Waals surface area contributed by atoms with Crippen LogP contribution in [0.15, 0.2) is 30.5 Å². The number of benzene rings is 1. The lowest BCUT2D eigenvalue weighted by Gasteiger charge is -2.19. The topological polar surface area (TPSA) is 80.6 Å². The number of ether oxygens (including phenoxy) is 1. The third-order valence-electron chi connectivity index (χ3n) is 3.63. The molecule has 1 aromatic heterocycles. The van der Waals surface area contributed by atoms with Crippen molar-refractivity contribution in [3.63, 3.8) is 0 Å². The molecule has 6 heteroatoms. The summed E-state index contributed by atoms with van der Waals surface area (Å²) < 4.78 is 7.04. The van der Waals surface area contributed by atoms with Gasteiger partial charge < -0.3 is 19.7 Å². The van der Waals surface area contributed by atoms with Gasteiger partial charge in [-0.1, -0.05) is 39.0 Å². The second-order valence-electron chi connectivity index (χ2n) is 7.16. The number of nitrogens with one attached hydrogen (secondary N) is 1.